The second-order valence-electron chi connectivity index (χ2n) is 6.34. The van der Waals surface area contributed by atoms with E-state index in [9.17, 15) is 5.11 Å². The van der Waals surface area contributed by atoms with Crippen molar-refractivity contribution < 1.29 is 5.11 Å². The molecule has 3 nitrogen and oxygen atoms in total. The summed E-state index contributed by atoms with van der Waals surface area (Å²) in [6.07, 6.45) is 6.25. The molecule has 0 aliphatic carbocycles. The summed E-state index contributed by atoms with van der Waals surface area (Å²) in [7, 11) is 0. The van der Waals surface area contributed by atoms with Crippen LogP contribution in [-0.4, -0.2) is 47.2 Å². The zero-order valence-corrected chi connectivity index (χ0v) is 14.7. The number of hydrogen-bond acceptors (Lipinski definition) is 4. The molecule has 1 aliphatic rings. The topological polar surface area (TPSA) is 26.7 Å². The fourth-order valence-corrected chi connectivity index (χ4v) is 3.97. The van der Waals surface area contributed by atoms with Crippen LogP contribution in [0, 0.1) is 12.3 Å². The smallest absolute Gasteiger partial charge is 0.0446 e. The van der Waals surface area contributed by atoms with Gasteiger partial charge in [0, 0.05) is 50.9 Å². The Kier molecular flexibility index (Phi) is 6.06. The summed E-state index contributed by atoms with van der Waals surface area (Å²) in [6, 6.07) is 10.9. The highest BCUT2D eigenvalue weighted by Gasteiger charge is 2.26. The van der Waals surface area contributed by atoms with Crippen molar-refractivity contribution in [1.29, 1.82) is 0 Å². The predicted octanol–water partition coefficient (Wildman–Crippen LogP) is 2.80. The number of rotatable bonds is 6. The molecule has 0 amide bonds. The van der Waals surface area contributed by atoms with E-state index in [2.05, 4.69) is 44.7 Å². The number of thiophene rings is 1. The van der Waals surface area contributed by atoms with Gasteiger partial charge in [-0.1, -0.05) is 18.1 Å². The molecule has 126 valence electrons. The van der Waals surface area contributed by atoms with Crippen molar-refractivity contribution in [3.8, 4) is 12.3 Å². The van der Waals surface area contributed by atoms with E-state index < -0.39 is 0 Å². The Morgan fingerprint density at radius 1 is 1.12 bits per heavy atom. The largest absolute Gasteiger partial charge is 0.396 e. The molecule has 3 rings (SSSR count). The SMILES string of the molecule is C#Cc1ccc(CN2CCN(Cc3ccsc3)[C@H](CCO)C2)cc1. The van der Waals surface area contributed by atoms with Crippen molar-refractivity contribution in [2.45, 2.75) is 25.6 Å². The Hall–Kier alpha value is -1.64. The molecule has 1 saturated heterocycles. The lowest BCUT2D eigenvalue weighted by atomic mass is 10.1. The maximum absolute atomic E-state index is 9.43. The van der Waals surface area contributed by atoms with Crippen LogP contribution in [0.2, 0.25) is 0 Å². The average Bonchev–Trinajstić information content (AvgIpc) is 3.11. The molecule has 0 bridgehead atoms. The van der Waals surface area contributed by atoms with Gasteiger partial charge in [-0.3, -0.25) is 9.80 Å². The predicted molar refractivity (Wildman–Crippen MR) is 99.9 cm³/mol. The standard InChI is InChI=1S/C20H24N2OS/c1-2-17-3-5-18(6-4-17)13-21-9-10-22(20(15-21)7-11-23)14-19-8-12-24-16-19/h1,3-6,8,12,16,20,23H,7,9-11,13-15H2/t20-/m1/s1. The van der Waals surface area contributed by atoms with E-state index in [0.717, 1.165) is 44.7 Å². The number of benzene rings is 1. The summed E-state index contributed by atoms with van der Waals surface area (Å²) < 4.78 is 0. The highest BCUT2D eigenvalue weighted by molar-refractivity contribution is 7.07. The van der Waals surface area contributed by atoms with Crippen LogP contribution in [-0.2, 0) is 13.1 Å². The molecule has 0 unspecified atom stereocenters. The van der Waals surface area contributed by atoms with Crippen molar-refractivity contribution in [3.05, 3.63) is 57.8 Å². The van der Waals surface area contributed by atoms with Crippen LogP contribution in [0.4, 0.5) is 0 Å². The lowest BCUT2D eigenvalue weighted by molar-refractivity contribution is 0.0500. The van der Waals surface area contributed by atoms with Gasteiger partial charge in [0.05, 0.1) is 0 Å². The highest BCUT2D eigenvalue weighted by Crippen LogP contribution is 2.19. The molecule has 2 aromatic rings. The molecule has 1 aromatic heterocycles. The highest BCUT2D eigenvalue weighted by atomic mass is 32.1. The van der Waals surface area contributed by atoms with Crippen LogP contribution in [0.1, 0.15) is 23.1 Å². The molecule has 1 aromatic carbocycles. The van der Waals surface area contributed by atoms with E-state index in [1.807, 2.05) is 12.1 Å². The van der Waals surface area contributed by atoms with E-state index in [1.165, 1.54) is 11.1 Å². The Morgan fingerprint density at radius 3 is 2.62 bits per heavy atom. The molecule has 0 saturated carbocycles. The Balaban J connectivity index is 1.60. The molecule has 0 radical (unpaired) electrons. The third kappa shape index (κ3) is 4.46. The molecule has 24 heavy (non-hydrogen) atoms. The molecular formula is C20H24N2OS. The third-order valence-electron chi connectivity index (χ3n) is 4.64. The summed E-state index contributed by atoms with van der Waals surface area (Å²) in [5, 5.41) is 13.8. The average molecular weight is 340 g/mol. The summed E-state index contributed by atoms with van der Waals surface area (Å²) >= 11 is 1.75. The monoisotopic (exact) mass is 340 g/mol. The Bertz CT molecular complexity index is 660. The Morgan fingerprint density at radius 2 is 1.96 bits per heavy atom. The molecular weight excluding hydrogens is 316 g/mol. The van der Waals surface area contributed by atoms with Crippen molar-refractivity contribution in [1.82, 2.24) is 9.80 Å². The summed E-state index contributed by atoms with van der Waals surface area (Å²) in [6.45, 7) is 5.28. The van der Waals surface area contributed by atoms with Gasteiger partial charge >= 0.3 is 0 Å². The van der Waals surface area contributed by atoms with Crippen LogP contribution in [0.3, 0.4) is 0 Å². The quantitative estimate of drug-likeness (QED) is 0.819. The van der Waals surface area contributed by atoms with Gasteiger partial charge in [0.25, 0.3) is 0 Å². The first-order chi connectivity index (χ1) is 11.8. The number of hydrogen-bond donors (Lipinski definition) is 1. The molecule has 2 heterocycles. The lowest BCUT2D eigenvalue weighted by Gasteiger charge is -2.41. The van der Waals surface area contributed by atoms with Crippen LogP contribution in [0.15, 0.2) is 41.1 Å². The third-order valence-corrected chi connectivity index (χ3v) is 5.38. The van der Waals surface area contributed by atoms with Crippen molar-refractivity contribution >= 4 is 11.3 Å². The van der Waals surface area contributed by atoms with E-state index in [1.54, 1.807) is 11.3 Å². The lowest BCUT2D eigenvalue weighted by Crippen LogP contribution is -2.52. The van der Waals surface area contributed by atoms with Gasteiger partial charge in [-0.2, -0.15) is 11.3 Å². The normalized spacial score (nSPS) is 19.2. The van der Waals surface area contributed by atoms with E-state index in [-0.39, 0.29) is 6.61 Å². The number of aliphatic hydroxyl groups is 1. The first-order valence-corrected chi connectivity index (χ1v) is 9.36. The van der Waals surface area contributed by atoms with E-state index >= 15 is 0 Å². The fraction of sp³-hybridized carbons (Fsp3) is 0.400. The van der Waals surface area contributed by atoms with Crippen LogP contribution >= 0.6 is 11.3 Å². The summed E-state index contributed by atoms with van der Waals surface area (Å²) in [5.41, 5.74) is 3.60. The van der Waals surface area contributed by atoms with Gasteiger partial charge < -0.3 is 5.11 Å². The van der Waals surface area contributed by atoms with Gasteiger partial charge in [0.15, 0.2) is 0 Å². The minimum absolute atomic E-state index is 0.246. The van der Waals surface area contributed by atoms with Gasteiger partial charge in [-0.05, 0) is 46.5 Å². The second kappa shape index (κ2) is 8.46. The maximum atomic E-state index is 9.43. The maximum Gasteiger partial charge on any atom is 0.0446 e. The number of terminal acetylenes is 1. The molecule has 4 heteroatoms. The molecule has 1 atom stereocenters. The van der Waals surface area contributed by atoms with Gasteiger partial charge in [-0.25, -0.2) is 0 Å². The second-order valence-corrected chi connectivity index (χ2v) is 7.12. The number of aliphatic hydroxyl groups excluding tert-OH is 1. The Labute approximate surface area is 148 Å². The van der Waals surface area contributed by atoms with E-state index in [4.69, 9.17) is 6.42 Å². The number of nitrogens with zero attached hydrogens (tertiary/aromatic N) is 2. The van der Waals surface area contributed by atoms with Gasteiger partial charge in [0.2, 0.25) is 0 Å². The first-order valence-electron chi connectivity index (χ1n) is 8.42. The van der Waals surface area contributed by atoms with Crippen LogP contribution in [0.5, 0.6) is 0 Å². The summed E-state index contributed by atoms with van der Waals surface area (Å²) in [5.74, 6) is 2.66. The van der Waals surface area contributed by atoms with Crippen LogP contribution < -0.4 is 0 Å². The zero-order chi connectivity index (χ0) is 16.8. The summed E-state index contributed by atoms with van der Waals surface area (Å²) in [4.78, 5) is 4.99. The van der Waals surface area contributed by atoms with Gasteiger partial charge in [0.1, 0.15) is 0 Å². The molecule has 1 fully saturated rings. The zero-order valence-electron chi connectivity index (χ0n) is 13.9. The van der Waals surface area contributed by atoms with Crippen molar-refractivity contribution in [2.24, 2.45) is 0 Å². The van der Waals surface area contributed by atoms with Crippen molar-refractivity contribution in [3.63, 3.8) is 0 Å². The minimum Gasteiger partial charge on any atom is -0.396 e. The molecule has 0 spiro atoms. The first kappa shape index (κ1) is 17.2. The number of piperazine rings is 1. The van der Waals surface area contributed by atoms with E-state index in [0.29, 0.717) is 6.04 Å². The molecule has 1 aliphatic heterocycles. The van der Waals surface area contributed by atoms with Gasteiger partial charge in [-0.15, -0.1) is 6.42 Å². The molecule has 1 N–H and O–H groups in total. The minimum atomic E-state index is 0.246. The van der Waals surface area contributed by atoms with Crippen molar-refractivity contribution in [2.75, 3.05) is 26.2 Å². The van der Waals surface area contributed by atoms with Crippen LogP contribution in [0.25, 0.3) is 0 Å². The fourth-order valence-electron chi connectivity index (χ4n) is 3.31.